The van der Waals surface area contributed by atoms with Crippen molar-refractivity contribution in [3.8, 4) is 5.75 Å². The van der Waals surface area contributed by atoms with Crippen LogP contribution in [0.1, 0.15) is 53.9 Å². The van der Waals surface area contributed by atoms with E-state index in [1.54, 1.807) is 24.1 Å². The van der Waals surface area contributed by atoms with Gasteiger partial charge in [-0.15, -0.1) is 0 Å². The molecule has 11 nitrogen and oxygen atoms in total. The molecular weight excluding hydrogens is 567 g/mol. The van der Waals surface area contributed by atoms with Crippen molar-refractivity contribution in [2.24, 2.45) is 0 Å². The van der Waals surface area contributed by atoms with Crippen LogP contribution in [0, 0.1) is 0 Å². The molecule has 230 valence electrons. The summed E-state index contributed by atoms with van der Waals surface area (Å²) < 4.78 is 51.4. The number of carbonyl (C=O) groups is 2. The van der Waals surface area contributed by atoms with Crippen LogP contribution in [0.25, 0.3) is 0 Å². The monoisotopic (exact) mass is 601 g/mol. The number of ether oxygens (including phenoxy) is 1. The van der Waals surface area contributed by atoms with Crippen molar-refractivity contribution in [3.05, 3.63) is 59.6 Å². The lowest BCUT2D eigenvalue weighted by atomic mass is 10.1. The van der Waals surface area contributed by atoms with Crippen LogP contribution in [0.15, 0.2) is 47.0 Å². The fourth-order valence-electron chi connectivity index (χ4n) is 5.13. The first-order valence-corrected chi connectivity index (χ1v) is 14.2. The molecule has 2 aromatic heterocycles. The maximum absolute atomic E-state index is 13.6. The predicted octanol–water partition coefficient (Wildman–Crippen LogP) is 4.81. The normalized spacial score (nSPS) is 16.1. The van der Waals surface area contributed by atoms with Crippen molar-refractivity contribution in [2.75, 3.05) is 48.4 Å². The van der Waals surface area contributed by atoms with E-state index in [9.17, 15) is 22.8 Å². The fourth-order valence-corrected chi connectivity index (χ4v) is 5.13. The quantitative estimate of drug-likeness (QED) is 0.336. The Morgan fingerprint density at radius 3 is 2.35 bits per heavy atom. The highest BCUT2D eigenvalue weighted by Crippen LogP contribution is 2.35. The van der Waals surface area contributed by atoms with Crippen molar-refractivity contribution in [2.45, 2.75) is 50.9 Å². The molecule has 4 heterocycles. The van der Waals surface area contributed by atoms with E-state index in [1.165, 1.54) is 6.20 Å². The van der Waals surface area contributed by atoms with Gasteiger partial charge in [-0.3, -0.25) is 4.79 Å². The Morgan fingerprint density at radius 1 is 1.00 bits per heavy atom. The lowest BCUT2D eigenvalue weighted by molar-refractivity contribution is -0.141. The maximum atomic E-state index is 13.6. The number of hydrogen-bond acceptors (Lipinski definition) is 8. The zero-order chi connectivity index (χ0) is 30.4. The number of oxazole rings is 1. The van der Waals surface area contributed by atoms with Gasteiger partial charge in [0.15, 0.2) is 5.69 Å². The van der Waals surface area contributed by atoms with Crippen molar-refractivity contribution in [1.82, 2.24) is 20.6 Å². The van der Waals surface area contributed by atoms with Gasteiger partial charge >= 0.3 is 12.2 Å². The number of alkyl halides is 3. The van der Waals surface area contributed by atoms with Crippen molar-refractivity contribution in [3.63, 3.8) is 0 Å². The third kappa shape index (κ3) is 7.67. The van der Waals surface area contributed by atoms with Crippen molar-refractivity contribution >= 4 is 29.5 Å². The van der Waals surface area contributed by atoms with Gasteiger partial charge in [0.2, 0.25) is 5.76 Å². The number of hydrogen-bond donors (Lipinski definition) is 3. The van der Waals surface area contributed by atoms with Crippen LogP contribution in [0.2, 0.25) is 0 Å². The van der Waals surface area contributed by atoms with Crippen LogP contribution >= 0.6 is 0 Å². The molecule has 0 bridgehead atoms. The Labute approximate surface area is 246 Å². The third-order valence-corrected chi connectivity index (χ3v) is 7.49. The number of nitrogens with zero attached hydrogens (tertiary/aromatic N) is 4. The Bertz CT molecular complexity index is 1380. The molecule has 2 saturated heterocycles. The number of aromatic nitrogens is 2. The van der Waals surface area contributed by atoms with Crippen LogP contribution in [-0.4, -0.2) is 61.2 Å². The molecule has 0 radical (unpaired) electrons. The number of piperidine rings is 2. The van der Waals surface area contributed by atoms with E-state index in [4.69, 9.17) is 9.15 Å². The smallest absolute Gasteiger partial charge is 0.437 e. The number of anilines is 3. The minimum atomic E-state index is -4.84. The molecule has 0 saturated carbocycles. The van der Waals surface area contributed by atoms with E-state index in [-0.39, 0.29) is 23.8 Å². The van der Waals surface area contributed by atoms with Gasteiger partial charge in [0.05, 0.1) is 19.0 Å². The zero-order valence-electron chi connectivity index (χ0n) is 23.7. The Hall–Kier alpha value is -4.49. The highest BCUT2D eigenvalue weighted by Gasteiger charge is 2.42. The number of benzene rings is 1. The Kier molecular flexibility index (Phi) is 9.22. The summed E-state index contributed by atoms with van der Waals surface area (Å²) >= 11 is 0. The van der Waals surface area contributed by atoms with Crippen LogP contribution < -0.4 is 30.5 Å². The predicted molar refractivity (Wildman–Crippen MR) is 153 cm³/mol. The Morgan fingerprint density at radius 2 is 1.72 bits per heavy atom. The summed E-state index contributed by atoms with van der Waals surface area (Å²) in [5, 5.41) is 8.31. The summed E-state index contributed by atoms with van der Waals surface area (Å²) in [5.41, 5.74) is -0.163. The second-order valence-electron chi connectivity index (χ2n) is 10.5. The molecule has 0 atom stereocenters. The largest absolute Gasteiger partial charge is 0.497 e. The molecule has 5 rings (SSSR count). The van der Waals surface area contributed by atoms with Crippen LogP contribution in [0.5, 0.6) is 5.75 Å². The summed E-state index contributed by atoms with van der Waals surface area (Å²) in [5.74, 6) is -0.514. The molecule has 3 aromatic rings. The maximum Gasteiger partial charge on any atom is 0.437 e. The molecule has 1 aromatic carbocycles. The van der Waals surface area contributed by atoms with Gasteiger partial charge < -0.3 is 34.9 Å². The molecular formula is C29H34F3N7O4. The molecule has 43 heavy (non-hydrogen) atoms. The summed E-state index contributed by atoms with van der Waals surface area (Å²) in [7, 11) is 1.60. The SMILES string of the molecule is COc1ccc(CNC(=O)NC2CCN(c3ccc(NC(=O)c4oc(N5CCCCC5)nc4C(F)(F)F)cn3)CC2)cc1. The van der Waals surface area contributed by atoms with Gasteiger partial charge in [0.25, 0.3) is 11.9 Å². The molecule has 2 aliphatic rings. The second kappa shape index (κ2) is 13.2. The average Bonchev–Trinajstić information content (AvgIpc) is 3.49. The van der Waals surface area contributed by atoms with E-state index in [0.29, 0.717) is 51.4 Å². The average molecular weight is 602 g/mol. The number of rotatable bonds is 8. The fraction of sp³-hybridized carbons (Fsp3) is 0.448. The van der Waals surface area contributed by atoms with E-state index >= 15 is 0 Å². The summed E-state index contributed by atoms with van der Waals surface area (Å²) in [6.07, 6.45) is 0.584. The van der Waals surface area contributed by atoms with Gasteiger partial charge in [0.1, 0.15) is 11.6 Å². The number of halogens is 3. The third-order valence-electron chi connectivity index (χ3n) is 7.49. The summed E-state index contributed by atoms with van der Waals surface area (Å²) in [4.78, 5) is 36.8. The number of nitrogens with one attached hydrogen (secondary N) is 3. The lowest BCUT2D eigenvalue weighted by Gasteiger charge is -2.33. The highest BCUT2D eigenvalue weighted by atomic mass is 19.4. The molecule has 14 heteroatoms. The molecule has 2 aliphatic heterocycles. The van der Waals surface area contributed by atoms with E-state index in [0.717, 1.165) is 30.6 Å². The minimum absolute atomic E-state index is 0.00485. The first-order valence-electron chi connectivity index (χ1n) is 14.2. The number of methoxy groups -OCH3 is 1. The van der Waals surface area contributed by atoms with Gasteiger partial charge in [0, 0.05) is 38.8 Å². The summed E-state index contributed by atoms with van der Waals surface area (Å²) in [6.45, 7) is 2.74. The number of amides is 3. The highest BCUT2D eigenvalue weighted by molar-refractivity contribution is 6.03. The number of urea groups is 1. The van der Waals surface area contributed by atoms with Crippen LogP contribution in [-0.2, 0) is 12.7 Å². The lowest BCUT2D eigenvalue weighted by Crippen LogP contribution is -2.48. The van der Waals surface area contributed by atoms with Crippen molar-refractivity contribution in [1.29, 1.82) is 0 Å². The van der Waals surface area contributed by atoms with Gasteiger partial charge in [-0.05, 0) is 61.9 Å². The van der Waals surface area contributed by atoms with Gasteiger partial charge in [-0.25, -0.2) is 9.78 Å². The minimum Gasteiger partial charge on any atom is -0.497 e. The molecule has 3 amide bonds. The molecule has 0 unspecified atom stereocenters. The first-order chi connectivity index (χ1) is 20.7. The molecule has 0 spiro atoms. The molecule has 0 aliphatic carbocycles. The second-order valence-corrected chi connectivity index (χ2v) is 10.5. The Balaban J connectivity index is 1.11. The van der Waals surface area contributed by atoms with E-state index in [1.807, 2.05) is 29.2 Å². The van der Waals surface area contributed by atoms with E-state index in [2.05, 4.69) is 25.9 Å². The summed E-state index contributed by atoms with van der Waals surface area (Å²) in [6, 6.07) is 10.3. The number of pyridine rings is 1. The molecule has 3 N–H and O–H groups in total. The molecule has 2 fully saturated rings. The topological polar surface area (TPSA) is 125 Å². The van der Waals surface area contributed by atoms with Gasteiger partial charge in [-0.1, -0.05) is 12.1 Å². The zero-order valence-corrected chi connectivity index (χ0v) is 23.7. The van der Waals surface area contributed by atoms with Crippen LogP contribution in [0.3, 0.4) is 0 Å². The van der Waals surface area contributed by atoms with Crippen molar-refractivity contribution < 1.29 is 31.9 Å². The standard InChI is InChI=1S/C29H34F3N7O4/c1-42-22-8-5-19(6-9-22)17-34-27(41)36-20-11-15-38(16-12-20)23-10-7-21(18-33-23)35-26(40)24-25(29(30,31)32)37-28(43-24)39-13-3-2-4-14-39/h5-10,18,20H,2-4,11-17H2,1H3,(H,35,40)(H2,34,36,41). The first kappa shape index (κ1) is 30.0. The van der Waals surface area contributed by atoms with E-state index < -0.39 is 23.5 Å². The number of carbonyl (C=O) groups excluding carboxylic acids is 2. The van der Waals surface area contributed by atoms with Crippen LogP contribution in [0.4, 0.5) is 35.5 Å². The van der Waals surface area contributed by atoms with Gasteiger partial charge in [-0.2, -0.15) is 18.2 Å².